The summed E-state index contributed by atoms with van der Waals surface area (Å²) < 4.78 is 2.42. The molecule has 0 amide bonds. The predicted molar refractivity (Wildman–Crippen MR) is 74.7 cm³/mol. The number of aryl methyl sites for hydroxylation is 2. The van der Waals surface area contributed by atoms with Crippen molar-refractivity contribution in [3.8, 4) is 0 Å². The number of fused-ring (bicyclic) bond motifs is 1. The van der Waals surface area contributed by atoms with E-state index in [1.165, 1.54) is 23.9 Å². The van der Waals surface area contributed by atoms with Gasteiger partial charge in [-0.05, 0) is 57.2 Å². The van der Waals surface area contributed by atoms with Gasteiger partial charge in [-0.3, -0.25) is 0 Å². The van der Waals surface area contributed by atoms with Gasteiger partial charge in [-0.25, -0.2) is 4.98 Å². The van der Waals surface area contributed by atoms with Crippen LogP contribution in [0.4, 0.5) is 0 Å². The summed E-state index contributed by atoms with van der Waals surface area (Å²) in [6, 6.07) is 7.54. The van der Waals surface area contributed by atoms with Crippen LogP contribution < -0.4 is 5.73 Å². The van der Waals surface area contributed by atoms with E-state index in [2.05, 4.69) is 36.6 Å². The highest BCUT2D eigenvalue weighted by atomic mass is 15.1. The Morgan fingerprint density at radius 1 is 1.17 bits per heavy atom. The van der Waals surface area contributed by atoms with Crippen LogP contribution in [0.15, 0.2) is 18.2 Å². The molecular formula is C15H21N3. The quantitative estimate of drug-likeness (QED) is 0.836. The number of hydrogen-bond acceptors (Lipinski definition) is 2. The van der Waals surface area contributed by atoms with Gasteiger partial charge in [-0.15, -0.1) is 0 Å². The topological polar surface area (TPSA) is 43.8 Å². The average Bonchev–Trinajstić information content (AvgIpc) is 2.65. The van der Waals surface area contributed by atoms with E-state index in [9.17, 15) is 0 Å². The average molecular weight is 243 g/mol. The number of imidazole rings is 1. The second kappa shape index (κ2) is 4.39. The first-order valence-corrected chi connectivity index (χ1v) is 6.86. The normalized spacial score (nSPS) is 24.6. The molecule has 18 heavy (non-hydrogen) atoms. The minimum absolute atomic E-state index is 0.401. The molecular weight excluding hydrogens is 222 g/mol. The second-order valence-electron chi connectivity index (χ2n) is 5.59. The third-order valence-electron chi connectivity index (χ3n) is 4.13. The molecule has 3 nitrogen and oxygen atoms in total. The van der Waals surface area contributed by atoms with Crippen molar-refractivity contribution in [3.63, 3.8) is 0 Å². The largest absolute Gasteiger partial charge is 0.328 e. The Kier molecular flexibility index (Phi) is 2.86. The Hall–Kier alpha value is -1.35. The maximum Gasteiger partial charge on any atom is 0.106 e. The molecule has 1 aromatic heterocycles. The summed E-state index contributed by atoms with van der Waals surface area (Å²) in [5.74, 6) is 1.14. The van der Waals surface area contributed by atoms with Crippen molar-refractivity contribution < 1.29 is 0 Å². The first-order chi connectivity index (χ1) is 8.65. The van der Waals surface area contributed by atoms with Crippen molar-refractivity contribution in [2.24, 2.45) is 5.73 Å². The molecule has 1 heterocycles. The Balaban J connectivity index is 2.03. The highest BCUT2D eigenvalue weighted by Gasteiger charge is 2.22. The summed E-state index contributed by atoms with van der Waals surface area (Å²) in [7, 11) is 0. The van der Waals surface area contributed by atoms with Crippen LogP contribution in [0.25, 0.3) is 11.0 Å². The van der Waals surface area contributed by atoms with Crippen molar-refractivity contribution in [2.75, 3.05) is 0 Å². The Morgan fingerprint density at radius 2 is 1.89 bits per heavy atom. The molecule has 0 radical (unpaired) electrons. The number of benzene rings is 1. The lowest BCUT2D eigenvalue weighted by Gasteiger charge is -2.28. The minimum atomic E-state index is 0.401. The van der Waals surface area contributed by atoms with Crippen molar-refractivity contribution in [3.05, 3.63) is 29.6 Å². The molecule has 0 unspecified atom stereocenters. The van der Waals surface area contributed by atoms with Crippen LogP contribution in [0, 0.1) is 13.8 Å². The minimum Gasteiger partial charge on any atom is -0.328 e. The second-order valence-corrected chi connectivity index (χ2v) is 5.59. The lowest BCUT2D eigenvalue weighted by molar-refractivity contribution is 0.325. The fourth-order valence-corrected chi connectivity index (χ4v) is 3.15. The molecule has 3 heteroatoms. The van der Waals surface area contributed by atoms with Crippen LogP contribution in [0.2, 0.25) is 0 Å². The zero-order valence-electron chi connectivity index (χ0n) is 11.2. The van der Waals surface area contributed by atoms with Gasteiger partial charge in [0.1, 0.15) is 5.82 Å². The van der Waals surface area contributed by atoms with Crippen LogP contribution in [0.3, 0.4) is 0 Å². The Labute approximate surface area is 108 Å². The zero-order valence-corrected chi connectivity index (χ0v) is 11.2. The van der Waals surface area contributed by atoms with E-state index in [-0.39, 0.29) is 0 Å². The van der Waals surface area contributed by atoms with E-state index in [1.54, 1.807) is 0 Å². The highest BCUT2D eigenvalue weighted by Crippen LogP contribution is 2.32. The maximum absolute atomic E-state index is 6.00. The van der Waals surface area contributed by atoms with Gasteiger partial charge < -0.3 is 10.3 Å². The van der Waals surface area contributed by atoms with Crippen molar-refractivity contribution in [1.29, 1.82) is 0 Å². The van der Waals surface area contributed by atoms with Crippen molar-refractivity contribution in [1.82, 2.24) is 9.55 Å². The Bertz CT molecular complexity index is 562. The molecule has 2 aromatic rings. The predicted octanol–water partition coefficient (Wildman–Crippen LogP) is 3.10. The van der Waals surface area contributed by atoms with E-state index in [0.717, 1.165) is 24.2 Å². The molecule has 2 N–H and O–H groups in total. The van der Waals surface area contributed by atoms with Crippen LogP contribution >= 0.6 is 0 Å². The van der Waals surface area contributed by atoms with Crippen molar-refractivity contribution in [2.45, 2.75) is 51.6 Å². The van der Waals surface area contributed by atoms with Gasteiger partial charge in [0.05, 0.1) is 11.0 Å². The summed E-state index contributed by atoms with van der Waals surface area (Å²) in [4.78, 5) is 4.70. The van der Waals surface area contributed by atoms with E-state index in [1.807, 2.05) is 0 Å². The van der Waals surface area contributed by atoms with E-state index in [0.29, 0.717) is 12.1 Å². The molecule has 1 aliphatic rings. The van der Waals surface area contributed by atoms with Gasteiger partial charge in [-0.2, -0.15) is 0 Å². The molecule has 0 atom stereocenters. The van der Waals surface area contributed by atoms with E-state index < -0.39 is 0 Å². The number of aromatic nitrogens is 2. The lowest BCUT2D eigenvalue weighted by Crippen LogP contribution is -2.28. The van der Waals surface area contributed by atoms with E-state index >= 15 is 0 Å². The summed E-state index contributed by atoms with van der Waals surface area (Å²) in [5, 5.41) is 0. The number of rotatable bonds is 1. The SMILES string of the molecule is Cc1ccc2c(c1)nc(C)n2[C@H]1CC[C@@H](N)CC1. The van der Waals surface area contributed by atoms with Crippen LogP contribution in [0.5, 0.6) is 0 Å². The highest BCUT2D eigenvalue weighted by molar-refractivity contribution is 5.77. The van der Waals surface area contributed by atoms with Crippen molar-refractivity contribution >= 4 is 11.0 Å². The molecule has 96 valence electrons. The van der Waals surface area contributed by atoms with Gasteiger partial charge in [0.15, 0.2) is 0 Å². The first kappa shape index (κ1) is 11.7. The van der Waals surface area contributed by atoms with Gasteiger partial charge in [0, 0.05) is 12.1 Å². The maximum atomic E-state index is 6.00. The third kappa shape index (κ3) is 1.93. The van der Waals surface area contributed by atoms with Crippen LogP contribution in [-0.2, 0) is 0 Å². The molecule has 0 aliphatic heterocycles. The first-order valence-electron chi connectivity index (χ1n) is 6.86. The number of hydrogen-bond donors (Lipinski definition) is 1. The summed E-state index contributed by atoms with van der Waals surface area (Å²) >= 11 is 0. The van der Waals surface area contributed by atoms with E-state index in [4.69, 9.17) is 10.7 Å². The molecule has 1 fully saturated rings. The molecule has 1 saturated carbocycles. The van der Waals surface area contributed by atoms with Crippen LogP contribution in [0.1, 0.15) is 43.1 Å². The summed E-state index contributed by atoms with van der Waals surface area (Å²) in [6.07, 6.45) is 4.63. The summed E-state index contributed by atoms with van der Waals surface area (Å²) in [5.41, 5.74) is 9.68. The lowest BCUT2D eigenvalue weighted by atomic mass is 9.91. The Morgan fingerprint density at radius 3 is 2.61 bits per heavy atom. The van der Waals surface area contributed by atoms with Crippen LogP contribution in [-0.4, -0.2) is 15.6 Å². The fraction of sp³-hybridized carbons (Fsp3) is 0.533. The molecule has 0 saturated heterocycles. The molecule has 1 aliphatic carbocycles. The standard InChI is InChI=1S/C15H21N3/c1-10-3-8-15-14(9-10)17-11(2)18(15)13-6-4-12(16)5-7-13/h3,8-9,12-13H,4-7,16H2,1-2H3/t12-,13+. The summed E-state index contributed by atoms with van der Waals surface area (Å²) in [6.45, 7) is 4.23. The van der Waals surface area contributed by atoms with Gasteiger partial charge in [0.2, 0.25) is 0 Å². The molecule has 0 bridgehead atoms. The number of nitrogens with zero attached hydrogens (tertiary/aromatic N) is 2. The molecule has 0 spiro atoms. The van der Waals surface area contributed by atoms with Gasteiger partial charge in [-0.1, -0.05) is 6.07 Å². The smallest absolute Gasteiger partial charge is 0.106 e. The van der Waals surface area contributed by atoms with Gasteiger partial charge >= 0.3 is 0 Å². The molecule has 1 aromatic carbocycles. The molecule has 3 rings (SSSR count). The zero-order chi connectivity index (χ0) is 12.7. The van der Waals surface area contributed by atoms with Gasteiger partial charge in [0.25, 0.3) is 0 Å². The number of nitrogens with two attached hydrogens (primary N) is 1. The monoisotopic (exact) mass is 243 g/mol. The third-order valence-corrected chi connectivity index (χ3v) is 4.13. The fourth-order valence-electron chi connectivity index (χ4n) is 3.15.